The molecule has 9 rings (SSSR count). The largest absolute Gasteiger partial charge is 0.489 e. The van der Waals surface area contributed by atoms with Gasteiger partial charge in [0, 0.05) is 93.5 Å². The number of rotatable bonds is 12. The molecule has 15 heteroatoms. The molecule has 5 saturated heterocycles. The van der Waals surface area contributed by atoms with E-state index in [1.54, 1.807) is 23.1 Å². The number of piperidine rings is 2. The maximum atomic E-state index is 13.6. The number of nitrogens with one attached hydrogen (secondary N) is 5. The number of hydrogen-bond donors (Lipinski definition) is 6. The van der Waals surface area contributed by atoms with Crippen LogP contribution in [0.4, 0.5) is 0 Å². The van der Waals surface area contributed by atoms with Crippen molar-refractivity contribution < 1.29 is 24.2 Å². The third kappa shape index (κ3) is 9.36. The van der Waals surface area contributed by atoms with E-state index in [-0.39, 0.29) is 65.1 Å². The molecule has 0 spiro atoms. The molecule has 4 unspecified atom stereocenters. The number of halogens is 1. The van der Waals surface area contributed by atoms with Crippen molar-refractivity contribution >= 4 is 29.0 Å². The predicted octanol–water partition coefficient (Wildman–Crippen LogP) is 4.81. The molecule has 358 valence electrons. The van der Waals surface area contributed by atoms with Crippen LogP contribution < -0.4 is 36.1 Å². The Morgan fingerprint density at radius 2 is 1.65 bits per heavy atom. The molecule has 1 saturated carbocycles. The zero-order valence-electron chi connectivity index (χ0n) is 40.0. The summed E-state index contributed by atoms with van der Waals surface area (Å²) in [5.74, 6) is 3.01. The van der Waals surface area contributed by atoms with Gasteiger partial charge in [0.2, 0.25) is 11.8 Å². The van der Waals surface area contributed by atoms with Crippen LogP contribution in [0.1, 0.15) is 96.8 Å². The molecule has 0 bridgehead atoms. The Hall–Kier alpha value is -3.78. The highest BCUT2D eigenvalue weighted by Gasteiger charge is 2.64. The molecule has 2 aromatic carbocycles. The number of carbonyl (C=O) groups excluding carboxylic acids is 2. The maximum Gasteiger partial charge on any atom is 0.244 e. The summed E-state index contributed by atoms with van der Waals surface area (Å²) in [4.78, 5) is 33.4. The SMILES string of the molecule is CN1C=C(c2cc(C(C)(C)O)ccc2OC2CCC(N3CC(CC4CCN(C5NCC(C(=O)NC6C(C)(C)C(Oc7ccc(C#N)c(Cl)c7)C6(C)C)CN5)CC4)C3)NC2)C2CCNC2C1=O. The van der Waals surface area contributed by atoms with Crippen LogP contribution in [0.3, 0.4) is 0 Å². The van der Waals surface area contributed by atoms with E-state index in [9.17, 15) is 20.0 Å². The number of ether oxygens (including phenoxy) is 2. The average Bonchev–Trinajstić information content (AvgIpc) is 3.78. The minimum atomic E-state index is -0.996. The molecular formula is C51H72ClN9O5. The zero-order valence-corrected chi connectivity index (χ0v) is 40.7. The Bertz CT molecular complexity index is 2180. The van der Waals surface area contributed by atoms with Crippen molar-refractivity contribution in [1.82, 2.24) is 41.3 Å². The Morgan fingerprint density at radius 1 is 0.924 bits per heavy atom. The number of fused-ring (bicyclic) bond motifs is 1. The topological polar surface area (TPSA) is 166 Å². The molecule has 6 fully saturated rings. The van der Waals surface area contributed by atoms with Gasteiger partial charge in [-0.1, -0.05) is 45.4 Å². The third-order valence-corrected chi connectivity index (χ3v) is 16.5. The van der Waals surface area contributed by atoms with Crippen LogP contribution in [0, 0.1) is 45.8 Å². The molecule has 7 aliphatic rings. The van der Waals surface area contributed by atoms with E-state index in [0.29, 0.717) is 35.6 Å². The number of nitrogens with zero attached hydrogens (tertiary/aromatic N) is 4. The third-order valence-electron chi connectivity index (χ3n) is 16.2. The van der Waals surface area contributed by atoms with Crippen molar-refractivity contribution in [2.45, 2.75) is 122 Å². The zero-order chi connectivity index (χ0) is 46.7. The lowest BCUT2D eigenvalue weighted by atomic mass is 9.49. The summed E-state index contributed by atoms with van der Waals surface area (Å²) in [6.07, 6.45) is 8.90. The van der Waals surface area contributed by atoms with Gasteiger partial charge in [0.05, 0.1) is 34.3 Å². The van der Waals surface area contributed by atoms with Crippen LogP contribution in [0.5, 0.6) is 11.5 Å². The van der Waals surface area contributed by atoms with E-state index in [1.165, 1.54) is 19.3 Å². The van der Waals surface area contributed by atoms with E-state index in [4.69, 9.17) is 21.1 Å². The molecule has 6 aliphatic heterocycles. The molecule has 2 aromatic rings. The Labute approximate surface area is 396 Å². The summed E-state index contributed by atoms with van der Waals surface area (Å²) in [6, 6.07) is 13.0. The molecule has 14 nitrogen and oxygen atoms in total. The maximum absolute atomic E-state index is 13.6. The van der Waals surface area contributed by atoms with Crippen molar-refractivity contribution in [1.29, 1.82) is 5.26 Å². The molecule has 0 aromatic heterocycles. The lowest BCUT2D eigenvalue weighted by molar-refractivity contribution is -0.174. The molecule has 6 heterocycles. The van der Waals surface area contributed by atoms with E-state index in [0.717, 1.165) is 92.8 Å². The Balaban J connectivity index is 0.684. The highest BCUT2D eigenvalue weighted by molar-refractivity contribution is 6.31. The number of hydrogen-bond acceptors (Lipinski definition) is 12. The van der Waals surface area contributed by atoms with Gasteiger partial charge in [-0.3, -0.25) is 35.3 Å². The number of nitriles is 1. The van der Waals surface area contributed by atoms with Crippen LogP contribution in [-0.2, 0) is 15.2 Å². The van der Waals surface area contributed by atoms with Gasteiger partial charge in [-0.15, -0.1) is 0 Å². The highest BCUT2D eigenvalue weighted by Crippen LogP contribution is 2.56. The van der Waals surface area contributed by atoms with Gasteiger partial charge < -0.3 is 30.1 Å². The smallest absolute Gasteiger partial charge is 0.244 e. The molecule has 0 radical (unpaired) electrons. The van der Waals surface area contributed by atoms with Crippen LogP contribution in [0.15, 0.2) is 42.6 Å². The molecule has 1 aliphatic carbocycles. The first-order valence-corrected chi connectivity index (χ1v) is 24.9. The van der Waals surface area contributed by atoms with Crippen molar-refractivity contribution in [3.63, 3.8) is 0 Å². The number of amides is 2. The molecule has 66 heavy (non-hydrogen) atoms. The molecule has 6 N–H and O–H groups in total. The first-order chi connectivity index (χ1) is 31.4. The van der Waals surface area contributed by atoms with Gasteiger partial charge in [-0.05, 0) is 106 Å². The van der Waals surface area contributed by atoms with E-state index >= 15 is 0 Å². The fourth-order valence-corrected chi connectivity index (χ4v) is 12.9. The van der Waals surface area contributed by atoms with Gasteiger partial charge >= 0.3 is 0 Å². The van der Waals surface area contributed by atoms with Gasteiger partial charge in [0.15, 0.2) is 0 Å². The summed E-state index contributed by atoms with van der Waals surface area (Å²) in [5.41, 5.74) is 1.71. The summed E-state index contributed by atoms with van der Waals surface area (Å²) in [5, 5.41) is 38.4. The molecule has 4 atom stereocenters. The van der Waals surface area contributed by atoms with Crippen molar-refractivity contribution in [3.8, 4) is 17.6 Å². The van der Waals surface area contributed by atoms with Gasteiger partial charge in [0.1, 0.15) is 36.1 Å². The minimum absolute atomic E-state index is 0.0390. The predicted molar refractivity (Wildman–Crippen MR) is 255 cm³/mol. The summed E-state index contributed by atoms with van der Waals surface area (Å²) < 4.78 is 13.2. The molecular weight excluding hydrogens is 854 g/mol. The highest BCUT2D eigenvalue weighted by atomic mass is 35.5. The van der Waals surface area contributed by atoms with E-state index in [2.05, 4.69) is 76.2 Å². The van der Waals surface area contributed by atoms with Crippen LogP contribution in [-0.4, -0.2) is 128 Å². The number of likely N-dealkylation sites (N-methyl/N-ethyl adjacent to an activating group) is 1. The number of likely N-dealkylation sites (tertiary alicyclic amines) is 2. The first kappa shape index (κ1) is 47.3. The van der Waals surface area contributed by atoms with Crippen LogP contribution in [0.25, 0.3) is 5.57 Å². The van der Waals surface area contributed by atoms with Crippen LogP contribution >= 0.6 is 11.6 Å². The Morgan fingerprint density at radius 3 is 2.30 bits per heavy atom. The normalized spacial score (nSPS) is 31.8. The number of aliphatic hydroxyl groups is 1. The lowest BCUT2D eigenvalue weighted by Crippen LogP contribution is -2.75. The second-order valence-electron chi connectivity index (χ2n) is 22.2. The first-order valence-electron chi connectivity index (χ1n) is 24.5. The quantitative estimate of drug-likeness (QED) is 0.172. The summed E-state index contributed by atoms with van der Waals surface area (Å²) in [7, 11) is 1.82. The second kappa shape index (κ2) is 18.6. The standard InChI is InChI=1S/C51H72ClN9O5/c1-49(2)46(50(3,4)47(49)66-35-10-8-32(23-53)40(52)22-35)58-44(62)33-24-56-48(57-25-33)60-18-15-30(16-19-60)20-31-27-61(28-31)42-13-11-36(26-55-42)65-41-12-9-34(51(5,6)64)21-38(41)39-29-59(7)45(63)43-37(39)14-17-54-43/h8-10,12,21-22,29-31,33,36-37,42-43,46-48,54-57,64H,11,13-20,24-28H2,1-7H3,(H,58,62). The van der Waals surface area contributed by atoms with Gasteiger partial charge in [0.25, 0.3) is 0 Å². The van der Waals surface area contributed by atoms with Gasteiger partial charge in [-0.25, -0.2) is 0 Å². The molecule has 2 amide bonds. The second-order valence-corrected chi connectivity index (χ2v) is 22.6. The van der Waals surface area contributed by atoms with Crippen molar-refractivity contribution in [2.75, 3.05) is 59.4 Å². The van der Waals surface area contributed by atoms with E-state index in [1.807, 2.05) is 39.2 Å². The average molecular weight is 927 g/mol. The van der Waals surface area contributed by atoms with Gasteiger partial charge in [-0.2, -0.15) is 5.26 Å². The van der Waals surface area contributed by atoms with Crippen LogP contribution in [0.2, 0.25) is 5.02 Å². The van der Waals surface area contributed by atoms with E-state index < -0.39 is 5.60 Å². The number of carbonyl (C=O) groups is 2. The Kier molecular flexibility index (Phi) is 13.3. The minimum Gasteiger partial charge on any atom is -0.489 e. The fourth-order valence-electron chi connectivity index (χ4n) is 12.7. The fraction of sp³-hybridized carbons (Fsp3) is 0.667. The lowest BCUT2D eigenvalue weighted by Gasteiger charge is -2.63. The summed E-state index contributed by atoms with van der Waals surface area (Å²) in [6.45, 7) is 19.4. The number of benzene rings is 2. The van der Waals surface area contributed by atoms with Crippen molar-refractivity contribution in [3.05, 3.63) is 64.3 Å². The summed E-state index contributed by atoms with van der Waals surface area (Å²) >= 11 is 6.28. The monoisotopic (exact) mass is 926 g/mol. The van der Waals surface area contributed by atoms with Crippen molar-refractivity contribution in [2.24, 2.45) is 34.5 Å².